The Bertz CT molecular complexity index is 1680. The molecule has 3 nitrogen and oxygen atoms in total. The zero-order valence-electron chi connectivity index (χ0n) is 22.4. The minimum absolute atomic E-state index is 0.259. The molecule has 0 aliphatic carbocycles. The molecular weight excluding hydrogens is 539 g/mol. The molecule has 1 heterocycles. The molecule has 0 aliphatic heterocycles. The number of halogens is 1. The van der Waals surface area contributed by atoms with Crippen LogP contribution in [0.15, 0.2) is 94.1 Å². The third kappa shape index (κ3) is 4.67. The standard InChI is InChI=1S/C32H34BrN2OP/c1-7-35-30-14-9-8-13-28(30)29-21-27(17-18-31(29)35)37(32(4,5)6,36-26-12-10-11-24(33)20-26)34-25-16-15-22(2)23(3)19-25/h8-21H,7H2,1-6H3/t37-/m1/s1. The highest BCUT2D eigenvalue weighted by molar-refractivity contribution is 9.10. The van der Waals surface area contributed by atoms with Gasteiger partial charge in [0.1, 0.15) is 5.75 Å². The first kappa shape index (κ1) is 25.8. The Morgan fingerprint density at radius 3 is 2.27 bits per heavy atom. The Kier molecular flexibility index (Phi) is 6.85. The van der Waals surface area contributed by atoms with E-state index in [1.54, 1.807) is 0 Å². The van der Waals surface area contributed by atoms with Crippen molar-refractivity contribution in [3.63, 3.8) is 0 Å². The predicted octanol–water partition coefficient (Wildman–Crippen LogP) is 10.1. The Morgan fingerprint density at radius 1 is 0.811 bits per heavy atom. The zero-order valence-corrected chi connectivity index (χ0v) is 24.9. The van der Waals surface area contributed by atoms with E-state index in [1.807, 2.05) is 24.3 Å². The average molecular weight is 574 g/mol. The molecule has 5 heteroatoms. The number of hydrogen-bond donors (Lipinski definition) is 0. The van der Waals surface area contributed by atoms with E-state index in [2.05, 4.69) is 123 Å². The SMILES string of the molecule is CCn1c2ccccc2c2cc([P@@](=Nc3ccc(C)c(C)c3)(Oc3cccc(Br)c3)C(C)(C)C)ccc21. The van der Waals surface area contributed by atoms with Gasteiger partial charge in [-0.2, -0.15) is 0 Å². The van der Waals surface area contributed by atoms with Crippen LogP contribution in [0.4, 0.5) is 5.69 Å². The zero-order chi connectivity index (χ0) is 26.4. The van der Waals surface area contributed by atoms with Gasteiger partial charge in [0.25, 0.3) is 0 Å². The molecule has 37 heavy (non-hydrogen) atoms. The van der Waals surface area contributed by atoms with E-state index in [0.29, 0.717) is 0 Å². The Morgan fingerprint density at radius 2 is 1.57 bits per heavy atom. The summed E-state index contributed by atoms with van der Waals surface area (Å²) >= 11 is 3.63. The highest BCUT2D eigenvalue weighted by Crippen LogP contribution is 2.62. The van der Waals surface area contributed by atoms with Crippen molar-refractivity contribution >= 4 is 56.0 Å². The minimum atomic E-state index is -2.62. The average Bonchev–Trinajstić information content (AvgIpc) is 3.18. The Hall–Kier alpha value is -2.81. The van der Waals surface area contributed by atoms with Crippen LogP contribution in [-0.4, -0.2) is 9.72 Å². The first-order chi connectivity index (χ1) is 17.6. The topological polar surface area (TPSA) is 26.5 Å². The van der Waals surface area contributed by atoms with E-state index >= 15 is 0 Å². The van der Waals surface area contributed by atoms with Gasteiger partial charge in [0, 0.05) is 43.3 Å². The highest BCUT2D eigenvalue weighted by atomic mass is 79.9. The van der Waals surface area contributed by atoms with E-state index < -0.39 is 7.28 Å². The number of hydrogen-bond acceptors (Lipinski definition) is 2. The molecule has 0 bridgehead atoms. The maximum atomic E-state index is 7.11. The molecule has 5 aromatic rings. The third-order valence-corrected chi connectivity index (χ3v) is 11.4. The van der Waals surface area contributed by atoms with Crippen LogP contribution in [0, 0.1) is 13.8 Å². The molecule has 0 spiro atoms. The van der Waals surface area contributed by atoms with Crippen molar-refractivity contribution in [2.24, 2.45) is 4.74 Å². The second-order valence-corrected chi connectivity index (χ2v) is 14.9. The molecule has 0 amide bonds. The fourth-order valence-electron chi connectivity index (χ4n) is 5.00. The van der Waals surface area contributed by atoms with Gasteiger partial charge in [-0.25, -0.2) is 4.74 Å². The highest BCUT2D eigenvalue weighted by Gasteiger charge is 2.39. The summed E-state index contributed by atoms with van der Waals surface area (Å²) in [5.41, 5.74) is 5.96. The molecule has 4 aromatic carbocycles. The van der Waals surface area contributed by atoms with Crippen LogP contribution in [0.1, 0.15) is 38.8 Å². The minimum Gasteiger partial charge on any atom is -0.455 e. The van der Waals surface area contributed by atoms with Crippen molar-refractivity contribution < 1.29 is 4.52 Å². The molecule has 0 radical (unpaired) electrons. The first-order valence-electron chi connectivity index (χ1n) is 12.8. The van der Waals surface area contributed by atoms with Gasteiger partial charge in [0.15, 0.2) is 7.28 Å². The lowest BCUT2D eigenvalue weighted by Crippen LogP contribution is -2.27. The largest absolute Gasteiger partial charge is 0.455 e. The van der Waals surface area contributed by atoms with E-state index in [0.717, 1.165) is 27.8 Å². The second-order valence-electron chi connectivity index (χ2n) is 10.6. The molecule has 0 fully saturated rings. The summed E-state index contributed by atoms with van der Waals surface area (Å²) in [5, 5.41) is 3.40. The fraction of sp³-hybridized carbons (Fsp3) is 0.250. The van der Waals surface area contributed by atoms with Crippen LogP contribution in [0.2, 0.25) is 0 Å². The number of rotatable bonds is 5. The second kappa shape index (κ2) is 9.82. The third-order valence-electron chi connectivity index (χ3n) is 7.11. The van der Waals surface area contributed by atoms with Crippen LogP contribution in [0.5, 0.6) is 5.75 Å². The first-order valence-corrected chi connectivity index (χ1v) is 15.2. The van der Waals surface area contributed by atoms with E-state index in [4.69, 9.17) is 9.27 Å². The lowest BCUT2D eigenvalue weighted by atomic mass is 10.1. The molecule has 0 saturated heterocycles. The summed E-state index contributed by atoms with van der Waals surface area (Å²) < 4.78 is 16.0. The number of benzene rings is 4. The van der Waals surface area contributed by atoms with Gasteiger partial charge in [0.2, 0.25) is 0 Å². The monoisotopic (exact) mass is 572 g/mol. The van der Waals surface area contributed by atoms with Gasteiger partial charge in [0.05, 0.1) is 5.69 Å². The summed E-state index contributed by atoms with van der Waals surface area (Å²) in [7, 11) is -2.62. The van der Waals surface area contributed by atoms with Crippen molar-refractivity contribution in [2.45, 2.75) is 53.2 Å². The smallest absolute Gasteiger partial charge is 0.173 e. The van der Waals surface area contributed by atoms with Crippen molar-refractivity contribution in [3.05, 3.63) is 101 Å². The summed E-state index contributed by atoms with van der Waals surface area (Å²) in [6.45, 7) is 14.2. The maximum Gasteiger partial charge on any atom is 0.173 e. The van der Waals surface area contributed by atoms with E-state index in [1.165, 1.54) is 32.9 Å². The van der Waals surface area contributed by atoms with Crippen LogP contribution in [0.25, 0.3) is 21.8 Å². The summed E-state index contributed by atoms with van der Waals surface area (Å²) in [4.78, 5) is 0. The predicted molar refractivity (Wildman–Crippen MR) is 164 cm³/mol. The lowest BCUT2D eigenvalue weighted by Gasteiger charge is -2.37. The Balaban J connectivity index is 1.86. The molecule has 0 N–H and O–H groups in total. The van der Waals surface area contributed by atoms with Crippen LogP contribution < -0.4 is 9.83 Å². The fourth-order valence-corrected chi connectivity index (χ4v) is 8.44. The van der Waals surface area contributed by atoms with E-state index in [-0.39, 0.29) is 5.16 Å². The van der Waals surface area contributed by atoms with Gasteiger partial charge < -0.3 is 9.09 Å². The number of aromatic nitrogens is 1. The van der Waals surface area contributed by atoms with Crippen LogP contribution >= 0.6 is 23.2 Å². The molecule has 1 atom stereocenters. The lowest BCUT2D eigenvalue weighted by molar-refractivity contribution is 0.571. The summed E-state index contributed by atoms with van der Waals surface area (Å²) in [6, 6.07) is 30.1. The Labute approximate surface area is 228 Å². The molecule has 0 unspecified atom stereocenters. The quantitative estimate of drug-likeness (QED) is 0.192. The van der Waals surface area contributed by atoms with E-state index in [9.17, 15) is 0 Å². The number of nitrogens with zero attached hydrogens (tertiary/aromatic N) is 2. The van der Waals surface area contributed by atoms with Crippen LogP contribution in [0.3, 0.4) is 0 Å². The van der Waals surface area contributed by atoms with Gasteiger partial charge in [-0.3, -0.25) is 0 Å². The molecule has 1 aromatic heterocycles. The van der Waals surface area contributed by atoms with Crippen molar-refractivity contribution in [1.82, 2.24) is 4.57 Å². The molecule has 190 valence electrons. The van der Waals surface area contributed by atoms with Crippen molar-refractivity contribution in [1.29, 1.82) is 0 Å². The number of para-hydroxylation sites is 1. The van der Waals surface area contributed by atoms with Gasteiger partial charge in [-0.15, -0.1) is 0 Å². The molecular formula is C32H34BrN2OP. The van der Waals surface area contributed by atoms with Crippen LogP contribution in [-0.2, 0) is 6.54 Å². The van der Waals surface area contributed by atoms with Crippen molar-refractivity contribution in [3.8, 4) is 5.75 Å². The number of fused-ring (bicyclic) bond motifs is 3. The summed E-state index contributed by atoms with van der Waals surface area (Å²) in [5.74, 6) is 0.821. The van der Waals surface area contributed by atoms with Gasteiger partial charge >= 0.3 is 0 Å². The van der Waals surface area contributed by atoms with Gasteiger partial charge in [-0.05, 0) is 86.5 Å². The number of aryl methyl sites for hydroxylation is 3. The molecule has 0 aliphatic rings. The molecule has 0 saturated carbocycles. The van der Waals surface area contributed by atoms with Crippen molar-refractivity contribution in [2.75, 3.05) is 0 Å². The summed E-state index contributed by atoms with van der Waals surface area (Å²) in [6.07, 6.45) is 0. The normalized spacial score (nSPS) is 13.6. The maximum absolute atomic E-state index is 7.11. The van der Waals surface area contributed by atoms with Gasteiger partial charge in [-0.1, -0.05) is 67.0 Å². The molecule has 5 rings (SSSR count).